The Bertz CT molecular complexity index is 598. The number of hydrogen-bond acceptors (Lipinski definition) is 1. The van der Waals surface area contributed by atoms with Crippen molar-refractivity contribution in [1.82, 2.24) is 0 Å². The maximum atomic E-state index is 12.0. The van der Waals surface area contributed by atoms with Crippen molar-refractivity contribution >= 4 is 39.1 Å². The molecule has 2 aromatic carbocycles. The fourth-order valence-corrected chi connectivity index (χ4v) is 2.23. The third-order valence-electron chi connectivity index (χ3n) is 2.46. The highest BCUT2D eigenvalue weighted by Crippen LogP contribution is 2.23. The summed E-state index contributed by atoms with van der Waals surface area (Å²) in [7, 11) is 0. The average molecular weight is 325 g/mol. The molecule has 92 valence electrons. The maximum Gasteiger partial charge on any atom is 0.255 e. The minimum Gasteiger partial charge on any atom is -0.321 e. The van der Waals surface area contributed by atoms with Gasteiger partial charge in [0.15, 0.2) is 0 Å². The van der Waals surface area contributed by atoms with Crippen molar-refractivity contribution in [2.75, 3.05) is 5.32 Å². The minimum atomic E-state index is -0.179. The first-order valence-corrected chi connectivity index (χ1v) is 6.56. The average Bonchev–Trinajstić information content (AvgIpc) is 2.32. The van der Waals surface area contributed by atoms with Crippen LogP contribution in [0.25, 0.3) is 0 Å². The number of nitrogens with one attached hydrogen (secondary N) is 1. The van der Waals surface area contributed by atoms with Gasteiger partial charge < -0.3 is 5.32 Å². The molecule has 1 N–H and O–H groups in total. The molecule has 0 spiro atoms. The molecule has 0 saturated carbocycles. The summed E-state index contributed by atoms with van der Waals surface area (Å²) in [6.45, 7) is 1.95. The number of amides is 1. The number of aryl methyl sites for hydroxylation is 1. The molecule has 0 aromatic heterocycles. The standard InChI is InChI=1S/C14H11BrClNO/c1-9-5-6-13(12(16)7-9)17-14(18)10-3-2-4-11(15)8-10/h2-8H,1H3,(H,17,18). The Morgan fingerprint density at radius 2 is 2.00 bits per heavy atom. The molecule has 2 rings (SSSR count). The zero-order valence-corrected chi connectivity index (χ0v) is 12.0. The second kappa shape index (κ2) is 5.55. The van der Waals surface area contributed by atoms with Gasteiger partial charge in [-0.25, -0.2) is 0 Å². The first kappa shape index (κ1) is 13.1. The van der Waals surface area contributed by atoms with Crippen molar-refractivity contribution < 1.29 is 4.79 Å². The Morgan fingerprint density at radius 3 is 2.67 bits per heavy atom. The Kier molecular flexibility index (Phi) is 4.04. The summed E-state index contributed by atoms with van der Waals surface area (Å²) in [5.41, 5.74) is 2.26. The van der Waals surface area contributed by atoms with E-state index in [0.29, 0.717) is 16.3 Å². The van der Waals surface area contributed by atoms with Crippen LogP contribution in [0.15, 0.2) is 46.9 Å². The molecule has 0 bridgehead atoms. The van der Waals surface area contributed by atoms with E-state index in [0.717, 1.165) is 10.0 Å². The SMILES string of the molecule is Cc1ccc(NC(=O)c2cccc(Br)c2)c(Cl)c1. The molecule has 0 heterocycles. The molecule has 1 amide bonds. The number of hydrogen-bond donors (Lipinski definition) is 1. The Morgan fingerprint density at radius 1 is 1.22 bits per heavy atom. The molecule has 0 aliphatic heterocycles. The van der Waals surface area contributed by atoms with Gasteiger partial charge in [0.05, 0.1) is 10.7 Å². The van der Waals surface area contributed by atoms with Gasteiger partial charge >= 0.3 is 0 Å². The summed E-state index contributed by atoms with van der Waals surface area (Å²) in [6.07, 6.45) is 0. The topological polar surface area (TPSA) is 29.1 Å². The fraction of sp³-hybridized carbons (Fsp3) is 0.0714. The third kappa shape index (κ3) is 3.12. The van der Waals surface area contributed by atoms with Crippen LogP contribution >= 0.6 is 27.5 Å². The van der Waals surface area contributed by atoms with Gasteiger partial charge in [-0.1, -0.05) is 39.7 Å². The fourth-order valence-electron chi connectivity index (χ4n) is 1.55. The third-order valence-corrected chi connectivity index (χ3v) is 3.27. The van der Waals surface area contributed by atoms with Crippen molar-refractivity contribution in [3.05, 3.63) is 63.1 Å². The number of anilines is 1. The highest BCUT2D eigenvalue weighted by molar-refractivity contribution is 9.10. The van der Waals surface area contributed by atoms with Crippen LogP contribution in [0.1, 0.15) is 15.9 Å². The number of carbonyl (C=O) groups is 1. The monoisotopic (exact) mass is 323 g/mol. The van der Waals surface area contributed by atoms with E-state index in [2.05, 4.69) is 21.2 Å². The minimum absolute atomic E-state index is 0.179. The van der Waals surface area contributed by atoms with Crippen molar-refractivity contribution in [1.29, 1.82) is 0 Å². The lowest BCUT2D eigenvalue weighted by atomic mass is 10.2. The highest BCUT2D eigenvalue weighted by atomic mass is 79.9. The van der Waals surface area contributed by atoms with Crippen LogP contribution < -0.4 is 5.32 Å². The normalized spacial score (nSPS) is 10.2. The molecule has 0 unspecified atom stereocenters. The van der Waals surface area contributed by atoms with Gasteiger partial charge in [0.1, 0.15) is 0 Å². The summed E-state index contributed by atoms with van der Waals surface area (Å²) < 4.78 is 0.866. The van der Waals surface area contributed by atoms with E-state index in [4.69, 9.17) is 11.6 Å². The Labute approximate surface area is 119 Å². The van der Waals surface area contributed by atoms with Crippen LogP contribution in [-0.2, 0) is 0 Å². The molecule has 0 fully saturated rings. The van der Waals surface area contributed by atoms with Crippen LogP contribution in [0.5, 0.6) is 0 Å². The molecule has 0 saturated heterocycles. The smallest absolute Gasteiger partial charge is 0.255 e. The summed E-state index contributed by atoms with van der Waals surface area (Å²) in [6, 6.07) is 12.7. The number of rotatable bonds is 2. The lowest BCUT2D eigenvalue weighted by Gasteiger charge is -2.08. The van der Waals surface area contributed by atoms with Crippen LogP contribution in [0.2, 0.25) is 5.02 Å². The molecule has 4 heteroatoms. The van der Waals surface area contributed by atoms with E-state index in [-0.39, 0.29) is 5.91 Å². The van der Waals surface area contributed by atoms with E-state index in [9.17, 15) is 4.79 Å². The van der Waals surface area contributed by atoms with Gasteiger partial charge in [-0.3, -0.25) is 4.79 Å². The molecule has 2 nitrogen and oxygen atoms in total. The van der Waals surface area contributed by atoms with Crippen LogP contribution in [-0.4, -0.2) is 5.91 Å². The molecule has 0 aliphatic carbocycles. The van der Waals surface area contributed by atoms with E-state index >= 15 is 0 Å². The molecule has 0 radical (unpaired) electrons. The molecule has 0 atom stereocenters. The van der Waals surface area contributed by atoms with E-state index < -0.39 is 0 Å². The summed E-state index contributed by atoms with van der Waals surface area (Å²) >= 11 is 9.40. The zero-order valence-electron chi connectivity index (χ0n) is 9.71. The second-order valence-electron chi connectivity index (χ2n) is 3.95. The molecular formula is C14H11BrClNO. The lowest BCUT2D eigenvalue weighted by Crippen LogP contribution is -2.12. The first-order valence-electron chi connectivity index (χ1n) is 5.39. The Balaban J connectivity index is 2.21. The van der Waals surface area contributed by atoms with Gasteiger partial charge in [-0.15, -0.1) is 0 Å². The zero-order chi connectivity index (χ0) is 13.1. The number of carbonyl (C=O) groups excluding carboxylic acids is 1. The van der Waals surface area contributed by atoms with Gasteiger partial charge in [-0.05, 0) is 42.8 Å². The Hall–Kier alpha value is -1.32. The molecular weight excluding hydrogens is 314 g/mol. The predicted octanol–water partition coefficient (Wildman–Crippen LogP) is 4.66. The second-order valence-corrected chi connectivity index (χ2v) is 5.27. The lowest BCUT2D eigenvalue weighted by molar-refractivity contribution is 0.102. The maximum absolute atomic E-state index is 12.0. The van der Waals surface area contributed by atoms with Gasteiger partial charge in [-0.2, -0.15) is 0 Å². The van der Waals surface area contributed by atoms with Crippen molar-refractivity contribution in [2.24, 2.45) is 0 Å². The summed E-state index contributed by atoms with van der Waals surface area (Å²) in [5, 5.41) is 3.33. The molecule has 2 aromatic rings. The van der Waals surface area contributed by atoms with Crippen molar-refractivity contribution in [3.8, 4) is 0 Å². The predicted molar refractivity (Wildman–Crippen MR) is 78.3 cm³/mol. The quantitative estimate of drug-likeness (QED) is 0.855. The molecule has 0 aliphatic rings. The number of benzene rings is 2. The number of halogens is 2. The van der Waals surface area contributed by atoms with Crippen molar-refractivity contribution in [3.63, 3.8) is 0 Å². The van der Waals surface area contributed by atoms with E-state index in [1.165, 1.54) is 0 Å². The van der Waals surface area contributed by atoms with Crippen LogP contribution in [0.4, 0.5) is 5.69 Å². The van der Waals surface area contributed by atoms with Gasteiger partial charge in [0, 0.05) is 10.0 Å². The first-order chi connectivity index (χ1) is 8.56. The van der Waals surface area contributed by atoms with E-state index in [1.807, 2.05) is 31.2 Å². The van der Waals surface area contributed by atoms with Crippen LogP contribution in [0.3, 0.4) is 0 Å². The molecule has 18 heavy (non-hydrogen) atoms. The largest absolute Gasteiger partial charge is 0.321 e. The van der Waals surface area contributed by atoms with E-state index in [1.54, 1.807) is 18.2 Å². The van der Waals surface area contributed by atoms with Gasteiger partial charge in [0.25, 0.3) is 5.91 Å². The van der Waals surface area contributed by atoms with Crippen LogP contribution in [0, 0.1) is 6.92 Å². The highest BCUT2D eigenvalue weighted by Gasteiger charge is 2.08. The summed E-state index contributed by atoms with van der Waals surface area (Å²) in [4.78, 5) is 12.0. The summed E-state index contributed by atoms with van der Waals surface area (Å²) in [5.74, 6) is -0.179. The van der Waals surface area contributed by atoms with Crippen molar-refractivity contribution in [2.45, 2.75) is 6.92 Å². The van der Waals surface area contributed by atoms with Gasteiger partial charge in [0.2, 0.25) is 0 Å².